The van der Waals surface area contributed by atoms with Crippen molar-refractivity contribution < 1.29 is 32.5 Å². The minimum Gasteiger partial charge on any atom is -0.486 e. The first kappa shape index (κ1) is 25.1. The third-order valence-corrected chi connectivity index (χ3v) is 5.82. The number of fused-ring (bicyclic) bond motifs is 1. The first-order valence-electron chi connectivity index (χ1n) is 11.2. The second kappa shape index (κ2) is 9.22. The highest BCUT2D eigenvalue weighted by atomic mass is 19.4. The topological polar surface area (TPSA) is 73.6 Å². The Bertz CT molecular complexity index is 1410. The zero-order valence-corrected chi connectivity index (χ0v) is 20.1. The first-order chi connectivity index (χ1) is 16.8. The first-order valence-corrected chi connectivity index (χ1v) is 11.2. The number of benzene rings is 3. The van der Waals surface area contributed by atoms with Crippen LogP contribution in [0.3, 0.4) is 0 Å². The van der Waals surface area contributed by atoms with Crippen molar-refractivity contribution in [2.75, 3.05) is 0 Å². The number of carboxylic acid groups (broad SMARTS) is 1. The van der Waals surface area contributed by atoms with Crippen molar-refractivity contribution in [2.45, 2.75) is 45.6 Å². The molecule has 1 unspecified atom stereocenters. The normalized spacial score (nSPS) is 13.0. The fraction of sp³-hybridized carbons (Fsp3) is 0.259. The summed E-state index contributed by atoms with van der Waals surface area (Å²) < 4.78 is 52.0. The van der Waals surface area contributed by atoms with Gasteiger partial charge < -0.3 is 14.6 Å². The number of rotatable bonds is 7. The van der Waals surface area contributed by atoms with E-state index in [9.17, 15) is 23.1 Å². The predicted molar refractivity (Wildman–Crippen MR) is 129 cm³/mol. The summed E-state index contributed by atoms with van der Waals surface area (Å²) in [6.07, 6.45) is -3.01. The van der Waals surface area contributed by atoms with Crippen molar-refractivity contribution in [2.24, 2.45) is 0 Å². The van der Waals surface area contributed by atoms with Gasteiger partial charge in [-0.2, -0.15) is 18.3 Å². The molecule has 0 aliphatic rings. The minimum atomic E-state index is -4.40. The van der Waals surface area contributed by atoms with Crippen LogP contribution in [0.25, 0.3) is 16.6 Å². The van der Waals surface area contributed by atoms with E-state index in [1.54, 1.807) is 36.0 Å². The molecule has 0 fully saturated rings. The largest absolute Gasteiger partial charge is 0.486 e. The molecule has 0 spiro atoms. The number of ether oxygens (including phenoxy) is 2. The summed E-state index contributed by atoms with van der Waals surface area (Å²) in [5, 5.41) is 14.6. The van der Waals surface area contributed by atoms with Crippen molar-refractivity contribution in [1.29, 1.82) is 0 Å². The van der Waals surface area contributed by atoms with Crippen LogP contribution in [0.4, 0.5) is 13.2 Å². The Morgan fingerprint density at radius 1 is 1.06 bits per heavy atom. The number of hydrogen-bond donors (Lipinski definition) is 1. The Morgan fingerprint density at radius 2 is 1.75 bits per heavy atom. The van der Waals surface area contributed by atoms with Crippen LogP contribution in [-0.4, -0.2) is 26.5 Å². The molecule has 1 aromatic heterocycles. The van der Waals surface area contributed by atoms with Gasteiger partial charge in [-0.25, -0.2) is 9.48 Å². The Hall–Kier alpha value is -4.01. The van der Waals surface area contributed by atoms with E-state index < -0.39 is 23.3 Å². The van der Waals surface area contributed by atoms with Gasteiger partial charge in [0.25, 0.3) is 0 Å². The molecule has 9 heteroatoms. The maximum atomic E-state index is 12.9. The lowest BCUT2D eigenvalue weighted by molar-refractivity contribution is -0.152. The fourth-order valence-corrected chi connectivity index (χ4v) is 3.75. The van der Waals surface area contributed by atoms with E-state index in [1.807, 2.05) is 25.1 Å². The highest BCUT2D eigenvalue weighted by Crippen LogP contribution is 2.33. The van der Waals surface area contributed by atoms with Gasteiger partial charge in [0.15, 0.2) is 5.60 Å². The minimum absolute atomic E-state index is 0.374. The molecule has 0 aliphatic carbocycles. The van der Waals surface area contributed by atoms with Crippen LogP contribution < -0.4 is 9.47 Å². The number of hydrogen-bond acceptors (Lipinski definition) is 4. The zero-order valence-electron chi connectivity index (χ0n) is 20.1. The van der Waals surface area contributed by atoms with Gasteiger partial charge in [0.1, 0.15) is 17.6 Å². The van der Waals surface area contributed by atoms with Crippen LogP contribution in [0.15, 0.2) is 66.9 Å². The number of alkyl halides is 3. The van der Waals surface area contributed by atoms with E-state index in [4.69, 9.17) is 9.47 Å². The molecule has 1 N–H and O–H groups in total. The van der Waals surface area contributed by atoms with E-state index in [2.05, 4.69) is 5.10 Å². The second-order valence-corrected chi connectivity index (χ2v) is 9.00. The maximum absolute atomic E-state index is 12.9. The Kier molecular flexibility index (Phi) is 6.43. The molecule has 0 aliphatic heterocycles. The quantitative estimate of drug-likeness (QED) is 0.306. The highest BCUT2D eigenvalue weighted by Gasteiger charge is 2.31. The molecule has 0 saturated heterocycles. The third kappa shape index (κ3) is 5.15. The van der Waals surface area contributed by atoms with Crippen molar-refractivity contribution >= 4 is 16.9 Å². The van der Waals surface area contributed by atoms with Crippen LogP contribution in [0.5, 0.6) is 11.5 Å². The van der Waals surface area contributed by atoms with Gasteiger partial charge in [-0.05, 0) is 81.8 Å². The van der Waals surface area contributed by atoms with Crippen molar-refractivity contribution in [3.8, 4) is 17.2 Å². The standard InChI is InChI=1S/C27H25F3N2O4/c1-16-14-20(12-13-24(16)36-26(3,4)25(33)34)35-17(2)21-6-5-7-23-22(21)15-32(31-23)19-10-8-18(9-11-19)27(28,29)30/h5-15,17H,1-4H3,(H,33,34). The Balaban J connectivity index is 1.57. The van der Waals surface area contributed by atoms with Gasteiger partial charge >= 0.3 is 12.1 Å². The van der Waals surface area contributed by atoms with Gasteiger partial charge in [0, 0.05) is 17.1 Å². The van der Waals surface area contributed by atoms with Gasteiger partial charge in [-0.15, -0.1) is 0 Å². The molecule has 0 bridgehead atoms. The number of carbonyl (C=O) groups is 1. The molecule has 0 amide bonds. The van der Waals surface area contributed by atoms with Crippen LogP contribution in [0, 0.1) is 6.92 Å². The highest BCUT2D eigenvalue weighted by molar-refractivity contribution is 5.82. The smallest absolute Gasteiger partial charge is 0.416 e. The summed E-state index contributed by atoms with van der Waals surface area (Å²) in [7, 11) is 0. The average molecular weight is 499 g/mol. The van der Waals surface area contributed by atoms with Crippen molar-refractivity contribution in [1.82, 2.24) is 9.78 Å². The van der Waals surface area contributed by atoms with E-state index in [0.29, 0.717) is 22.7 Å². The molecular formula is C27H25F3N2O4. The second-order valence-electron chi connectivity index (χ2n) is 9.00. The maximum Gasteiger partial charge on any atom is 0.416 e. The zero-order chi connectivity index (χ0) is 26.3. The van der Waals surface area contributed by atoms with Gasteiger partial charge in [-0.3, -0.25) is 0 Å². The average Bonchev–Trinajstić information content (AvgIpc) is 3.24. The molecule has 3 aromatic carbocycles. The number of nitrogens with zero attached hydrogens (tertiary/aromatic N) is 2. The number of carboxylic acids is 1. The van der Waals surface area contributed by atoms with Gasteiger partial charge in [0.05, 0.1) is 16.8 Å². The molecule has 36 heavy (non-hydrogen) atoms. The molecule has 6 nitrogen and oxygen atoms in total. The van der Waals surface area contributed by atoms with Crippen LogP contribution >= 0.6 is 0 Å². The lowest BCUT2D eigenvalue weighted by Crippen LogP contribution is -2.38. The molecule has 1 atom stereocenters. The summed E-state index contributed by atoms with van der Waals surface area (Å²) in [5.74, 6) is -0.0456. The fourth-order valence-electron chi connectivity index (χ4n) is 3.75. The molecule has 4 aromatic rings. The SMILES string of the molecule is Cc1cc(OC(C)c2cccc3nn(-c4ccc(C(F)(F)F)cc4)cc23)ccc1OC(C)(C)C(=O)O. The summed E-state index contributed by atoms with van der Waals surface area (Å²) in [6, 6.07) is 15.6. The number of aromatic nitrogens is 2. The number of halogens is 3. The molecule has 1 heterocycles. The summed E-state index contributed by atoms with van der Waals surface area (Å²) in [6.45, 7) is 6.65. The molecule has 4 rings (SSSR count). The summed E-state index contributed by atoms with van der Waals surface area (Å²) in [5.41, 5.74) is 0.679. The van der Waals surface area contributed by atoms with Crippen molar-refractivity contribution in [3.05, 3.63) is 83.6 Å². The number of aryl methyl sites for hydroxylation is 1. The molecule has 188 valence electrons. The Labute approximate surface area is 205 Å². The van der Waals surface area contributed by atoms with E-state index in [0.717, 1.165) is 28.6 Å². The third-order valence-electron chi connectivity index (χ3n) is 5.82. The van der Waals surface area contributed by atoms with E-state index in [1.165, 1.54) is 26.0 Å². The van der Waals surface area contributed by atoms with E-state index >= 15 is 0 Å². The molecule has 0 radical (unpaired) electrons. The predicted octanol–water partition coefficient (Wildman–Crippen LogP) is 6.73. The van der Waals surface area contributed by atoms with Crippen LogP contribution in [-0.2, 0) is 11.0 Å². The lowest BCUT2D eigenvalue weighted by atomic mass is 10.1. The van der Waals surface area contributed by atoms with Crippen LogP contribution in [0.1, 0.15) is 43.6 Å². The lowest BCUT2D eigenvalue weighted by Gasteiger charge is -2.23. The van der Waals surface area contributed by atoms with Crippen molar-refractivity contribution in [3.63, 3.8) is 0 Å². The van der Waals surface area contributed by atoms with E-state index in [-0.39, 0.29) is 6.10 Å². The monoisotopic (exact) mass is 498 g/mol. The molecule has 0 saturated carbocycles. The number of aliphatic carboxylic acids is 1. The molecular weight excluding hydrogens is 473 g/mol. The summed E-state index contributed by atoms with van der Waals surface area (Å²) >= 11 is 0. The Morgan fingerprint density at radius 3 is 2.36 bits per heavy atom. The van der Waals surface area contributed by atoms with Crippen LogP contribution in [0.2, 0.25) is 0 Å². The van der Waals surface area contributed by atoms with Gasteiger partial charge in [0.2, 0.25) is 0 Å². The van der Waals surface area contributed by atoms with Gasteiger partial charge in [-0.1, -0.05) is 12.1 Å². The summed E-state index contributed by atoms with van der Waals surface area (Å²) in [4.78, 5) is 11.4.